The Balaban J connectivity index is 2.39. The van der Waals surface area contributed by atoms with E-state index in [-0.39, 0.29) is 40.1 Å². The fourth-order valence-corrected chi connectivity index (χ4v) is 3.01. The summed E-state index contributed by atoms with van der Waals surface area (Å²) in [5.41, 5.74) is 0.112. The van der Waals surface area contributed by atoms with Crippen molar-refractivity contribution in [3.8, 4) is 0 Å². The van der Waals surface area contributed by atoms with Crippen molar-refractivity contribution < 1.29 is 24.0 Å². The number of hydrogen-bond donors (Lipinski definition) is 1. The second-order valence-electron chi connectivity index (χ2n) is 6.09. The number of nitrogens with zero attached hydrogens (tertiary/aromatic N) is 2. The number of anilines is 1. The molecule has 1 heterocycles. The van der Waals surface area contributed by atoms with Crippen LogP contribution in [0.4, 0.5) is 16.2 Å². The molecule has 9 nitrogen and oxygen atoms in total. The number of aromatic nitrogens is 1. The summed E-state index contributed by atoms with van der Waals surface area (Å²) in [5.74, 6) is -1.04. The van der Waals surface area contributed by atoms with E-state index in [9.17, 15) is 24.5 Å². The van der Waals surface area contributed by atoms with E-state index in [1.807, 2.05) is 0 Å². The molecule has 3 aromatic rings. The molecule has 0 aliphatic rings. The number of ketones is 1. The summed E-state index contributed by atoms with van der Waals surface area (Å²) >= 11 is 0. The van der Waals surface area contributed by atoms with Gasteiger partial charge in [0, 0.05) is 30.0 Å². The van der Waals surface area contributed by atoms with E-state index in [2.05, 4.69) is 5.32 Å². The monoisotopic (exact) mass is 395 g/mol. The van der Waals surface area contributed by atoms with Crippen molar-refractivity contribution in [1.29, 1.82) is 0 Å². The Hall–Kier alpha value is -4.01. The van der Waals surface area contributed by atoms with Gasteiger partial charge in [-0.15, -0.1) is 0 Å². The Morgan fingerprint density at radius 1 is 1.14 bits per heavy atom. The molecule has 1 N–H and O–H groups in total. The molecule has 0 atom stereocenters. The van der Waals surface area contributed by atoms with Crippen molar-refractivity contribution in [3.63, 3.8) is 0 Å². The Kier molecular flexibility index (Phi) is 5.40. The van der Waals surface area contributed by atoms with Gasteiger partial charge in [-0.1, -0.05) is 30.3 Å². The van der Waals surface area contributed by atoms with E-state index in [1.54, 1.807) is 37.3 Å². The molecule has 0 saturated heterocycles. The molecule has 3 rings (SSSR count). The van der Waals surface area contributed by atoms with Gasteiger partial charge in [-0.05, 0) is 13.0 Å². The summed E-state index contributed by atoms with van der Waals surface area (Å²) < 4.78 is 6.11. The van der Waals surface area contributed by atoms with Gasteiger partial charge >= 0.3 is 6.09 Å². The van der Waals surface area contributed by atoms with Crippen molar-refractivity contribution >= 4 is 40.1 Å². The van der Waals surface area contributed by atoms with Gasteiger partial charge in [0.05, 0.1) is 22.7 Å². The average Bonchev–Trinajstić information content (AvgIpc) is 3.01. The van der Waals surface area contributed by atoms with Crippen LogP contribution in [-0.2, 0) is 9.53 Å². The molecule has 0 fully saturated rings. The molecule has 29 heavy (non-hydrogen) atoms. The van der Waals surface area contributed by atoms with Crippen molar-refractivity contribution in [2.24, 2.45) is 0 Å². The van der Waals surface area contributed by atoms with Crippen LogP contribution >= 0.6 is 0 Å². The number of nitro benzene ring substituents is 1. The Morgan fingerprint density at radius 3 is 2.41 bits per heavy atom. The normalized spacial score (nSPS) is 10.6. The van der Waals surface area contributed by atoms with E-state index in [4.69, 9.17) is 4.74 Å². The number of benzene rings is 2. The molecule has 0 bridgehead atoms. The van der Waals surface area contributed by atoms with Crippen LogP contribution in [0.2, 0.25) is 0 Å². The van der Waals surface area contributed by atoms with E-state index >= 15 is 0 Å². The highest BCUT2D eigenvalue weighted by molar-refractivity contribution is 6.21. The van der Waals surface area contributed by atoms with E-state index in [0.717, 1.165) is 4.57 Å². The Bertz CT molecular complexity index is 1130. The summed E-state index contributed by atoms with van der Waals surface area (Å²) in [6.45, 7) is 2.91. The number of rotatable bonds is 5. The van der Waals surface area contributed by atoms with Gasteiger partial charge < -0.3 is 10.1 Å². The summed E-state index contributed by atoms with van der Waals surface area (Å²) in [6, 6.07) is 11.9. The summed E-state index contributed by atoms with van der Waals surface area (Å²) in [6.07, 6.45) is -0.831. The molecule has 0 saturated carbocycles. The lowest BCUT2D eigenvalue weighted by Gasteiger charge is -2.10. The Labute approximate surface area is 165 Å². The van der Waals surface area contributed by atoms with Gasteiger partial charge in [0.25, 0.3) is 5.69 Å². The standard InChI is InChI=1S/C20H17N3O6/c1-3-29-20(26)22-16-10-9-14(23(27)28)11-15(16)17(21-12(2)24)18(22)19(25)13-7-5-4-6-8-13/h4-11H,3H2,1-2H3,(H,21,24). The zero-order valence-corrected chi connectivity index (χ0v) is 15.7. The lowest BCUT2D eigenvalue weighted by atomic mass is 10.1. The third kappa shape index (κ3) is 3.70. The van der Waals surface area contributed by atoms with Gasteiger partial charge in [-0.2, -0.15) is 0 Å². The maximum atomic E-state index is 13.3. The first-order valence-electron chi connectivity index (χ1n) is 8.72. The number of non-ortho nitro benzene ring substituents is 1. The highest BCUT2D eigenvalue weighted by Gasteiger charge is 2.29. The SMILES string of the molecule is CCOC(=O)n1c(C(=O)c2ccccc2)c(NC(C)=O)c2cc([N+](=O)[O-])ccc21. The van der Waals surface area contributed by atoms with Crippen molar-refractivity contribution in [2.75, 3.05) is 11.9 Å². The van der Waals surface area contributed by atoms with Gasteiger partial charge in [0.15, 0.2) is 0 Å². The van der Waals surface area contributed by atoms with E-state index in [0.29, 0.717) is 0 Å². The fraction of sp³-hybridized carbons (Fsp3) is 0.150. The van der Waals surface area contributed by atoms with Gasteiger partial charge in [-0.3, -0.25) is 19.7 Å². The van der Waals surface area contributed by atoms with Crippen LogP contribution in [0, 0.1) is 10.1 Å². The first kappa shape index (κ1) is 19.7. The summed E-state index contributed by atoms with van der Waals surface area (Å²) in [7, 11) is 0. The minimum Gasteiger partial charge on any atom is -0.449 e. The number of nitro groups is 1. The molecule has 2 aromatic carbocycles. The number of ether oxygens (including phenoxy) is 1. The maximum absolute atomic E-state index is 13.3. The van der Waals surface area contributed by atoms with Crippen molar-refractivity contribution in [1.82, 2.24) is 4.57 Å². The zero-order chi connectivity index (χ0) is 21.1. The molecule has 1 aromatic heterocycles. The predicted octanol–water partition coefficient (Wildman–Crippen LogP) is 3.74. The molecule has 148 valence electrons. The topological polar surface area (TPSA) is 121 Å². The van der Waals surface area contributed by atoms with E-state index in [1.165, 1.54) is 25.1 Å². The lowest BCUT2D eigenvalue weighted by Crippen LogP contribution is -2.21. The van der Waals surface area contributed by atoms with Crippen LogP contribution in [0.15, 0.2) is 48.5 Å². The van der Waals surface area contributed by atoms with Gasteiger partial charge in [0.1, 0.15) is 5.69 Å². The molecule has 0 aliphatic carbocycles. The van der Waals surface area contributed by atoms with Crippen LogP contribution in [-0.4, -0.2) is 33.9 Å². The quantitative estimate of drug-likeness (QED) is 0.399. The number of nitrogens with one attached hydrogen (secondary N) is 1. The minimum absolute atomic E-state index is 0.0121. The minimum atomic E-state index is -0.831. The molecule has 9 heteroatoms. The highest BCUT2D eigenvalue weighted by atomic mass is 16.6. The molecule has 0 spiro atoms. The fourth-order valence-electron chi connectivity index (χ4n) is 3.01. The van der Waals surface area contributed by atoms with Crippen LogP contribution in [0.3, 0.4) is 0 Å². The zero-order valence-electron chi connectivity index (χ0n) is 15.7. The molecular formula is C20H17N3O6. The van der Waals surface area contributed by atoms with Crippen molar-refractivity contribution in [2.45, 2.75) is 13.8 Å². The van der Waals surface area contributed by atoms with Crippen LogP contribution in [0.25, 0.3) is 10.9 Å². The number of carbonyl (C=O) groups is 3. The second-order valence-corrected chi connectivity index (χ2v) is 6.09. The first-order valence-corrected chi connectivity index (χ1v) is 8.72. The Morgan fingerprint density at radius 2 is 1.83 bits per heavy atom. The number of fused-ring (bicyclic) bond motifs is 1. The molecule has 0 unspecified atom stereocenters. The molecule has 0 radical (unpaired) electrons. The molecular weight excluding hydrogens is 378 g/mol. The van der Waals surface area contributed by atoms with Crippen LogP contribution < -0.4 is 5.32 Å². The summed E-state index contributed by atoms with van der Waals surface area (Å²) in [4.78, 5) is 48.4. The third-order valence-corrected chi connectivity index (χ3v) is 4.16. The predicted molar refractivity (Wildman–Crippen MR) is 105 cm³/mol. The summed E-state index contributed by atoms with van der Waals surface area (Å²) in [5, 5.41) is 13.9. The largest absolute Gasteiger partial charge is 0.449 e. The molecule has 1 amide bonds. The van der Waals surface area contributed by atoms with E-state index < -0.39 is 22.7 Å². The lowest BCUT2D eigenvalue weighted by molar-refractivity contribution is -0.384. The van der Waals surface area contributed by atoms with Gasteiger partial charge in [0.2, 0.25) is 11.7 Å². The smallest absolute Gasteiger partial charge is 0.419 e. The number of hydrogen-bond acceptors (Lipinski definition) is 6. The van der Waals surface area contributed by atoms with Gasteiger partial charge in [-0.25, -0.2) is 9.36 Å². The first-order chi connectivity index (χ1) is 13.8. The molecule has 0 aliphatic heterocycles. The number of amides is 1. The maximum Gasteiger partial charge on any atom is 0.419 e. The second kappa shape index (κ2) is 7.93. The number of carbonyl (C=O) groups excluding carboxylic acids is 3. The highest BCUT2D eigenvalue weighted by Crippen LogP contribution is 2.35. The average molecular weight is 395 g/mol. The van der Waals surface area contributed by atoms with Crippen molar-refractivity contribution in [3.05, 3.63) is 69.9 Å². The van der Waals surface area contributed by atoms with Crippen LogP contribution in [0.5, 0.6) is 0 Å². The van der Waals surface area contributed by atoms with Crippen LogP contribution in [0.1, 0.15) is 29.9 Å². The third-order valence-electron chi connectivity index (χ3n) is 4.16.